The van der Waals surface area contributed by atoms with Crippen molar-refractivity contribution in [2.45, 2.75) is 6.92 Å². The van der Waals surface area contributed by atoms with Gasteiger partial charge in [0.05, 0.1) is 22.4 Å². The summed E-state index contributed by atoms with van der Waals surface area (Å²) < 4.78 is 1.43. The number of nitro groups is 1. The third kappa shape index (κ3) is 2.20. The smallest absolute Gasteiger partial charge is 0.271 e. The number of benzene rings is 1. The summed E-state index contributed by atoms with van der Waals surface area (Å²) in [5.41, 5.74) is 1.01. The number of aromatic nitrogens is 2. The Balaban J connectivity index is 2.42. The van der Waals surface area contributed by atoms with Crippen molar-refractivity contribution in [2.75, 3.05) is 0 Å². The topological polar surface area (TPSA) is 78.0 Å². The highest BCUT2D eigenvalue weighted by molar-refractivity contribution is 5.93. The molecule has 0 spiro atoms. The molecule has 6 nitrogen and oxygen atoms in total. The van der Waals surface area contributed by atoms with E-state index in [-0.39, 0.29) is 11.5 Å². The van der Waals surface area contributed by atoms with E-state index in [0.29, 0.717) is 11.3 Å². The lowest BCUT2D eigenvalue weighted by atomic mass is 10.2. The van der Waals surface area contributed by atoms with Crippen LogP contribution in [-0.2, 0) is 0 Å². The lowest BCUT2D eigenvalue weighted by Gasteiger charge is -1.99. The molecule has 2 rings (SSSR count). The van der Waals surface area contributed by atoms with Crippen molar-refractivity contribution in [3.8, 4) is 5.69 Å². The van der Waals surface area contributed by atoms with Crippen molar-refractivity contribution < 1.29 is 9.72 Å². The molecule has 0 saturated heterocycles. The molecule has 6 heteroatoms. The van der Waals surface area contributed by atoms with E-state index in [1.807, 2.05) is 0 Å². The summed E-state index contributed by atoms with van der Waals surface area (Å²) >= 11 is 0. The van der Waals surface area contributed by atoms with E-state index in [2.05, 4.69) is 5.10 Å². The summed E-state index contributed by atoms with van der Waals surface area (Å²) in [7, 11) is 0. The van der Waals surface area contributed by atoms with Crippen LogP contribution in [0.3, 0.4) is 0 Å². The first-order chi connectivity index (χ1) is 8.08. The maximum absolute atomic E-state index is 11.1. The molecule has 0 aliphatic rings. The molecule has 0 bridgehead atoms. The van der Waals surface area contributed by atoms with Gasteiger partial charge in [0.1, 0.15) is 0 Å². The monoisotopic (exact) mass is 231 g/mol. The first-order valence-electron chi connectivity index (χ1n) is 4.88. The Morgan fingerprint density at radius 1 is 1.47 bits per heavy atom. The zero-order valence-corrected chi connectivity index (χ0v) is 9.03. The molecule has 0 amide bonds. The van der Waals surface area contributed by atoms with E-state index in [4.69, 9.17) is 0 Å². The Morgan fingerprint density at radius 3 is 2.82 bits per heavy atom. The molecule has 1 aromatic heterocycles. The minimum Gasteiger partial charge on any atom is -0.294 e. The standard InChI is InChI=1S/C11H9N3O3/c1-8(15)9-6-12-13(7-9)10-3-2-4-11(5-10)14(16)17/h2-7H,1H3. The minimum absolute atomic E-state index is 0.0117. The summed E-state index contributed by atoms with van der Waals surface area (Å²) in [6.07, 6.45) is 2.97. The number of hydrogen-bond donors (Lipinski definition) is 0. The van der Waals surface area contributed by atoms with Crippen LogP contribution in [0, 0.1) is 10.1 Å². The minimum atomic E-state index is -0.473. The van der Waals surface area contributed by atoms with E-state index in [9.17, 15) is 14.9 Å². The summed E-state index contributed by atoms with van der Waals surface area (Å²) in [4.78, 5) is 21.2. The van der Waals surface area contributed by atoms with E-state index in [1.54, 1.807) is 18.3 Å². The number of nitro benzene ring substituents is 1. The predicted molar refractivity (Wildman–Crippen MR) is 60.2 cm³/mol. The number of carbonyl (C=O) groups excluding carboxylic acids is 1. The normalized spacial score (nSPS) is 10.2. The first-order valence-corrected chi connectivity index (χ1v) is 4.88. The van der Waals surface area contributed by atoms with Gasteiger partial charge in [0.15, 0.2) is 5.78 Å². The van der Waals surface area contributed by atoms with Gasteiger partial charge in [0.2, 0.25) is 0 Å². The lowest BCUT2D eigenvalue weighted by Crippen LogP contribution is -1.96. The van der Waals surface area contributed by atoms with Crippen LogP contribution in [-0.4, -0.2) is 20.5 Å². The zero-order chi connectivity index (χ0) is 12.4. The number of non-ortho nitro benzene ring substituents is 1. The van der Waals surface area contributed by atoms with Crippen LogP contribution < -0.4 is 0 Å². The fraction of sp³-hybridized carbons (Fsp3) is 0.0909. The quantitative estimate of drug-likeness (QED) is 0.459. The van der Waals surface area contributed by atoms with Crippen LogP contribution in [0.5, 0.6) is 0 Å². The first kappa shape index (κ1) is 11.0. The molecule has 0 saturated carbocycles. The van der Waals surface area contributed by atoms with Gasteiger partial charge in [0, 0.05) is 18.3 Å². The fourth-order valence-corrected chi connectivity index (χ4v) is 1.39. The van der Waals surface area contributed by atoms with Gasteiger partial charge in [-0.15, -0.1) is 0 Å². The van der Waals surface area contributed by atoms with Crippen molar-refractivity contribution in [2.24, 2.45) is 0 Å². The predicted octanol–water partition coefficient (Wildman–Crippen LogP) is 1.98. The summed E-state index contributed by atoms with van der Waals surface area (Å²) in [6, 6.07) is 6.06. The Labute approximate surface area is 96.6 Å². The zero-order valence-electron chi connectivity index (χ0n) is 9.03. The Bertz CT molecular complexity index is 589. The number of rotatable bonds is 3. The number of hydrogen-bond acceptors (Lipinski definition) is 4. The number of ketones is 1. The molecule has 2 aromatic rings. The summed E-state index contributed by atoms with van der Waals surface area (Å²) in [5, 5.41) is 14.6. The van der Waals surface area contributed by atoms with Crippen LogP contribution >= 0.6 is 0 Å². The molecule has 1 heterocycles. The Morgan fingerprint density at radius 2 is 2.24 bits per heavy atom. The number of carbonyl (C=O) groups is 1. The highest BCUT2D eigenvalue weighted by atomic mass is 16.6. The average molecular weight is 231 g/mol. The van der Waals surface area contributed by atoms with Crippen molar-refractivity contribution in [3.63, 3.8) is 0 Å². The van der Waals surface area contributed by atoms with Crippen LogP contribution in [0.1, 0.15) is 17.3 Å². The van der Waals surface area contributed by atoms with Crippen LogP contribution in [0.2, 0.25) is 0 Å². The van der Waals surface area contributed by atoms with Crippen LogP contribution in [0.25, 0.3) is 5.69 Å². The molecule has 0 fully saturated rings. The molecular formula is C11H9N3O3. The Kier molecular flexibility index (Phi) is 2.70. The highest BCUT2D eigenvalue weighted by Gasteiger charge is 2.09. The van der Waals surface area contributed by atoms with E-state index < -0.39 is 4.92 Å². The molecule has 0 aliphatic heterocycles. The maximum atomic E-state index is 11.1. The fourth-order valence-electron chi connectivity index (χ4n) is 1.39. The third-order valence-electron chi connectivity index (χ3n) is 2.29. The molecule has 0 unspecified atom stereocenters. The van der Waals surface area contributed by atoms with Gasteiger partial charge in [0.25, 0.3) is 5.69 Å². The molecule has 1 aromatic carbocycles. The molecule has 86 valence electrons. The average Bonchev–Trinajstić information content (AvgIpc) is 2.78. The SMILES string of the molecule is CC(=O)c1cnn(-c2cccc([N+](=O)[O-])c2)c1. The maximum Gasteiger partial charge on any atom is 0.271 e. The second-order valence-corrected chi connectivity index (χ2v) is 3.51. The summed E-state index contributed by atoms with van der Waals surface area (Å²) in [5.74, 6) is -0.0957. The number of nitrogens with zero attached hydrogens (tertiary/aromatic N) is 3. The molecule has 0 aliphatic carbocycles. The third-order valence-corrected chi connectivity index (χ3v) is 2.29. The van der Waals surface area contributed by atoms with Gasteiger partial charge in [-0.1, -0.05) is 6.07 Å². The van der Waals surface area contributed by atoms with Crippen molar-refractivity contribution in [1.29, 1.82) is 0 Å². The number of Topliss-reactive ketones (excluding diaryl/α,β-unsaturated/α-hetero) is 1. The summed E-state index contributed by atoms with van der Waals surface area (Å²) in [6.45, 7) is 1.44. The van der Waals surface area contributed by atoms with E-state index in [1.165, 1.54) is 29.9 Å². The molecule has 0 radical (unpaired) electrons. The van der Waals surface area contributed by atoms with Gasteiger partial charge in [-0.25, -0.2) is 4.68 Å². The van der Waals surface area contributed by atoms with E-state index in [0.717, 1.165) is 0 Å². The lowest BCUT2D eigenvalue weighted by molar-refractivity contribution is -0.384. The van der Waals surface area contributed by atoms with Crippen LogP contribution in [0.4, 0.5) is 5.69 Å². The largest absolute Gasteiger partial charge is 0.294 e. The highest BCUT2D eigenvalue weighted by Crippen LogP contribution is 2.16. The molecular weight excluding hydrogens is 222 g/mol. The Hall–Kier alpha value is -2.50. The van der Waals surface area contributed by atoms with Crippen molar-refractivity contribution in [3.05, 3.63) is 52.3 Å². The van der Waals surface area contributed by atoms with Crippen molar-refractivity contribution in [1.82, 2.24) is 9.78 Å². The molecule has 0 atom stereocenters. The van der Waals surface area contributed by atoms with Gasteiger partial charge >= 0.3 is 0 Å². The van der Waals surface area contributed by atoms with Crippen molar-refractivity contribution >= 4 is 11.5 Å². The molecule has 17 heavy (non-hydrogen) atoms. The second-order valence-electron chi connectivity index (χ2n) is 3.51. The van der Waals surface area contributed by atoms with Gasteiger partial charge in [-0.2, -0.15) is 5.10 Å². The van der Waals surface area contributed by atoms with Crippen LogP contribution in [0.15, 0.2) is 36.7 Å². The van der Waals surface area contributed by atoms with E-state index >= 15 is 0 Å². The second kappa shape index (κ2) is 4.17. The molecule has 0 N–H and O–H groups in total. The van der Waals surface area contributed by atoms with Gasteiger partial charge < -0.3 is 0 Å². The van der Waals surface area contributed by atoms with Gasteiger partial charge in [-0.3, -0.25) is 14.9 Å². The van der Waals surface area contributed by atoms with Gasteiger partial charge in [-0.05, 0) is 13.0 Å².